The number of nitrogens with zero attached hydrogens (tertiary/aromatic N) is 2. The number of aromatic nitrogens is 1. The molecule has 2 aromatic rings. The molecule has 0 saturated heterocycles. The first-order valence-corrected chi connectivity index (χ1v) is 7.83. The maximum Gasteiger partial charge on any atom is 0.248 e. The van der Waals surface area contributed by atoms with Crippen LogP contribution in [-0.2, 0) is 11.8 Å². The molecule has 0 unspecified atom stereocenters. The molecular weight excluding hydrogens is 300 g/mol. The topological polar surface area (TPSA) is 60.7 Å². The third-order valence-corrected chi connectivity index (χ3v) is 4.03. The molecule has 1 amide bonds. The standard InChI is InChI=1S/C16H18N2O3S/c1-18-10-11-22-16(18)17-15(20)5-3-4-14(19)12-6-8-13(21-2)9-7-12/h6-11H,3-5H2,1-2H3. The summed E-state index contributed by atoms with van der Waals surface area (Å²) in [7, 11) is 3.43. The van der Waals surface area contributed by atoms with Gasteiger partial charge >= 0.3 is 0 Å². The van der Waals surface area contributed by atoms with Crippen molar-refractivity contribution in [2.75, 3.05) is 7.11 Å². The van der Waals surface area contributed by atoms with E-state index in [1.807, 2.05) is 18.6 Å². The van der Waals surface area contributed by atoms with Gasteiger partial charge in [0.25, 0.3) is 0 Å². The third-order valence-electron chi connectivity index (χ3n) is 3.19. The number of hydrogen-bond donors (Lipinski definition) is 0. The Morgan fingerprint density at radius 2 is 1.95 bits per heavy atom. The minimum absolute atomic E-state index is 0.0251. The summed E-state index contributed by atoms with van der Waals surface area (Å²) in [5, 5.41) is 1.87. The Hall–Kier alpha value is -2.21. The van der Waals surface area contributed by atoms with Crippen LogP contribution in [0.4, 0.5) is 0 Å². The van der Waals surface area contributed by atoms with Gasteiger partial charge in [-0.3, -0.25) is 9.59 Å². The van der Waals surface area contributed by atoms with Crippen molar-refractivity contribution in [3.05, 3.63) is 46.2 Å². The molecule has 0 radical (unpaired) electrons. The van der Waals surface area contributed by atoms with E-state index >= 15 is 0 Å². The number of hydrogen-bond acceptors (Lipinski definition) is 4. The fourth-order valence-electron chi connectivity index (χ4n) is 1.92. The molecule has 1 heterocycles. The first kappa shape index (κ1) is 16.2. The van der Waals surface area contributed by atoms with Crippen LogP contribution in [0.25, 0.3) is 0 Å². The summed E-state index contributed by atoms with van der Waals surface area (Å²) in [4.78, 5) is 28.5. The third kappa shape index (κ3) is 4.39. The molecule has 0 bridgehead atoms. The first-order chi connectivity index (χ1) is 10.6. The van der Waals surface area contributed by atoms with E-state index in [2.05, 4.69) is 4.99 Å². The Kier molecular flexibility index (Phi) is 5.66. The quantitative estimate of drug-likeness (QED) is 0.769. The average Bonchev–Trinajstić information content (AvgIpc) is 2.92. The van der Waals surface area contributed by atoms with Crippen LogP contribution in [0.5, 0.6) is 5.75 Å². The van der Waals surface area contributed by atoms with Crippen LogP contribution < -0.4 is 9.54 Å². The summed E-state index contributed by atoms with van der Waals surface area (Å²) in [6.45, 7) is 0. The largest absolute Gasteiger partial charge is 0.497 e. The summed E-state index contributed by atoms with van der Waals surface area (Å²) in [6, 6.07) is 6.98. The van der Waals surface area contributed by atoms with Crippen molar-refractivity contribution in [2.24, 2.45) is 12.0 Å². The Bertz CT molecular complexity index is 713. The Morgan fingerprint density at radius 1 is 1.23 bits per heavy atom. The monoisotopic (exact) mass is 318 g/mol. The lowest BCUT2D eigenvalue weighted by Crippen LogP contribution is -2.12. The van der Waals surface area contributed by atoms with E-state index in [4.69, 9.17) is 4.74 Å². The van der Waals surface area contributed by atoms with Gasteiger partial charge in [0.15, 0.2) is 10.6 Å². The zero-order valence-corrected chi connectivity index (χ0v) is 13.4. The van der Waals surface area contributed by atoms with Crippen LogP contribution >= 0.6 is 11.3 Å². The van der Waals surface area contributed by atoms with Gasteiger partial charge in [-0.05, 0) is 30.7 Å². The fourth-order valence-corrected chi connectivity index (χ4v) is 2.67. The van der Waals surface area contributed by atoms with Gasteiger partial charge in [-0.1, -0.05) is 0 Å². The first-order valence-electron chi connectivity index (χ1n) is 6.95. The van der Waals surface area contributed by atoms with Gasteiger partial charge in [0.2, 0.25) is 5.91 Å². The van der Waals surface area contributed by atoms with Gasteiger partial charge in [0.1, 0.15) is 5.75 Å². The second-order valence-electron chi connectivity index (χ2n) is 4.81. The summed E-state index contributed by atoms with van der Waals surface area (Å²) < 4.78 is 6.85. The lowest BCUT2D eigenvalue weighted by atomic mass is 10.1. The summed E-state index contributed by atoms with van der Waals surface area (Å²) in [5.41, 5.74) is 0.634. The molecule has 0 aliphatic rings. The van der Waals surface area contributed by atoms with Crippen molar-refractivity contribution >= 4 is 23.0 Å². The van der Waals surface area contributed by atoms with Crippen LogP contribution in [0.3, 0.4) is 0 Å². The normalized spacial score (nSPS) is 11.5. The maximum atomic E-state index is 12.0. The van der Waals surface area contributed by atoms with Crippen molar-refractivity contribution in [3.8, 4) is 5.75 Å². The van der Waals surface area contributed by atoms with E-state index in [0.717, 1.165) is 0 Å². The number of Topliss-reactive ketones (excluding diaryl/α,β-unsaturated/α-hetero) is 1. The van der Waals surface area contributed by atoms with Gasteiger partial charge in [-0.2, -0.15) is 4.99 Å². The molecule has 116 valence electrons. The number of carbonyl (C=O) groups is 2. The Morgan fingerprint density at radius 3 is 2.55 bits per heavy atom. The zero-order chi connectivity index (χ0) is 15.9. The minimum atomic E-state index is -0.194. The summed E-state index contributed by atoms with van der Waals surface area (Å²) in [6.07, 6.45) is 2.97. The van der Waals surface area contributed by atoms with E-state index in [1.54, 1.807) is 35.9 Å². The lowest BCUT2D eigenvalue weighted by molar-refractivity contribution is -0.118. The van der Waals surface area contributed by atoms with Crippen molar-refractivity contribution in [3.63, 3.8) is 0 Å². The molecule has 0 saturated carbocycles. The van der Waals surface area contributed by atoms with E-state index < -0.39 is 0 Å². The average molecular weight is 318 g/mol. The molecule has 1 aromatic carbocycles. The predicted octanol–water partition coefficient (Wildman–Crippen LogP) is 2.58. The van der Waals surface area contributed by atoms with Crippen molar-refractivity contribution in [1.29, 1.82) is 0 Å². The number of ketones is 1. The maximum absolute atomic E-state index is 12.0. The molecule has 0 spiro atoms. The van der Waals surface area contributed by atoms with Crippen LogP contribution in [0, 0.1) is 0 Å². The van der Waals surface area contributed by atoms with Crippen molar-refractivity contribution < 1.29 is 14.3 Å². The van der Waals surface area contributed by atoms with E-state index in [-0.39, 0.29) is 18.1 Å². The number of thiazole rings is 1. The highest BCUT2D eigenvalue weighted by atomic mass is 32.1. The van der Waals surface area contributed by atoms with Gasteiger partial charge in [-0.15, -0.1) is 11.3 Å². The van der Waals surface area contributed by atoms with Crippen LogP contribution in [-0.4, -0.2) is 23.4 Å². The highest BCUT2D eigenvalue weighted by Crippen LogP contribution is 2.13. The number of benzene rings is 1. The summed E-state index contributed by atoms with van der Waals surface area (Å²) >= 11 is 1.41. The Labute approximate surface area is 132 Å². The van der Waals surface area contributed by atoms with E-state index in [9.17, 15) is 9.59 Å². The molecule has 1 aromatic heterocycles. The SMILES string of the molecule is COc1ccc(C(=O)CCCC(=O)N=c2sccn2C)cc1. The molecule has 0 aliphatic heterocycles. The zero-order valence-electron chi connectivity index (χ0n) is 12.6. The number of amides is 1. The fraction of sp³-hybridized carbons (Fsp3) is 0.312. The van der Waals surface area contributed by atoms with Gasteiger partial charge in [-0.25, -0.2) is 0 Å². The van der Waals surface area contributed by atoms with Crippen LogP contribution in [0.2, 0.25) is 0 Å². The number of rotatable bonds is 6. The molecular formula is C16H18N2O3S. The van der Waals surface area contributed by atoms with Gasteiger partial charge < -0.3 is 9.30 Å². The predicted molar refractivity (Wildman–Crippen MR) is 85.0 cm³/mol. The highest BCUT2D eigenvalue weighted by Gasteiger charge is 2.08. The molecule has 0 atom stereocenters. The smallest absolute Gasteiger partial charge is 0.248 e. The number of carbonyl (C=O) groups excluding carboxylic acids is 2. The molecule has 22 heavy (non-hydrogen) atoms. The minimum Gasteiger partial charge on any atom is -0.497 e. The van der Waals surface area contributed by atoms with Crippen molar-refractivity contribution in [2.45, 2.75) is 19.3 Å². The van der Waals surface area contributed by atoms with E-state index in [1.165, 1.54) is 11.3 Å². The van der Waals surface area contributed by atoms with Crippen LogP contribution in [0.1, 0.15) is 29.6 Å². The molecule has 0 aliphatic carbocycles. The lowest BCUT2D eigenvalue weighted by Gasteiger charge is -2.02. The van der Waals surface area contributed by atoms with Gasteiger partial charge in [0, 0.05) is 37.0 Å². The number of aryl methyl sites for hydroxylation is 1. The molecule has 6 heteroatoms. The molecule has 0 N–H and O–H groups in total. The summed E-state index contributed by atoms with van der Waals surface area (Å²) in [5.74, 6) is 0.548. The molecule has 2 rings (SSSR count). The van der Waals surface area contributed by atoms with Gasteiger partial charge in [0.05, 0.1) is 7.11 Å². The second-order valence-corrected chi connectivity index (χ2v) is 5.68. The number of methoxy groups -OCH3 is 1. The molecule has 0 fully saturated rings. The highest BCUT2D eigenvalue weighted by molar-refractivity contribution is 7.07. The van der Waals surface area contributed by atoms with Crippen molar-refractivity contribution in [1.82, 2.24) is 4.57 Å². The second kappa shape index (κ2) is 7.70. The number of ether oxygens (including phenoxy) is 1. The molecule has 5 nitrogen and oxygen atoms in total. The Balaban J connectivity index is 1.84. The van der Waals surface area contributed by atoms with Crippen LogP contribution in [0.15, 0.2) is 40.8 Å². The van der Waals surface area contributed by atoms with E-state index in [0.29, 0.717) is 29.0 Å².